The molecular formula is C14H16BrNO2. The molecule has 0 amide bonds. The van der Waals surface area contributed by atoms with Crippen molar-refractivity contribution < 1.29 is 9.53 Å². The van der Waals surface area contributed by atoms with E-state index in [1.165, 1.54) is 0 Å². The Kier molecular flexibility index (Phi) is 3.48. The van der Waals surface area contributed by atoms with Crippen molar-refractivity contribution in [3.05, 3.63) is 36.0 Å². The summed E-state index contributed by atoms with van der Waals surface area (Å²) in [6.45, 7) is 5.58. The molecule has 2 rings (SSSR count). The maximum Gasteiger partial charge on any atom is 0.418 e. The second-order valence-electron chi connectivity index (χ2n) is 5.19. The highest BCUT2D eigenvalue weighted by Crippen LogP contribution is 2.20. The van der Waals surface area contributed by atoms with Crippen LogP contribution in [0.1, 0.15) is 26.3 Å². The van der Waals surface area contributed by atoms with Crippen LogP contribution in [-0.2, 0) is 10.1 Å². The molecule has 0 saturated heterocycles. The number of alkyl halides is 1. The summed E-state index contributed by atoms with van der Waals surface area (Å²) in [5.74, 6) is 0. The number of carbonyl (C=O) groups excluding carboxylic acids is 1. The first-order valence-corrected chi connectivity index (χ1v) is 6.92. The highest BCUT2D eigenvalue weighted by Gasteiger charge is 2.18. The van der Waals surface area contributed by atoms with E-state index < -0.39 is 5.60 Å². The second kappa shape index (κ2) is 4.76. The van der Waals surface area contributed by atoms with Gasteiger partial charge in [-0.3, -0.25) is 4.57 Å². The minimum absolute atomic E-state index is 0.343. The molecule has 1 heterocycles. The zero-order valence-corrected chi connectivity index (χ0v) is 12.3. The van der Waals surface area contributed by atoms with Gasteiger partial charge in [0.2, 0.25) is 0 Å². The molecule has 0 saturated carbocycles. The average Bonchev–Trinajstić information content (AvgIpc) is 2.69. The number of hydrogen-bond acceptors (Lipinski definition) is 2. The van der Waals surface area contributed by atoms with Gasteiger partial charge in [-0.2, -0.15) is 0 Å². The average molecular weight is 310 g/mol. The number of carbonyl (C=O) groups is 1. The molecule has 0 bridgehead atoms. The first kappa shape index (κ1) is 13.1. The molecule has 0 aliphatic heterocycles. The Balaban J connectivity index is 2.42. The molecule has 0 aliphatic carbocycles. The van der Waals surface area contributed by atoms with E-state index in [2.05, 4.69) is 15.9 Å². The van der Waals surface area contributed by atoms with Crippen LogP contribution >= 0.6 is 15.9 Å². The molecule has 18 heavy (non-hydrogen) atoms. The minimum Gasteiger partial charge on any atom is -0.443 e. The van der Waals surface area contributed by atoms with E-state index in [4.69, 9.17) is 4.74 Å². The Hall–Kier alpha value is -1.29. The minimum atomic E-state index is -0.485. The fourth-order valence-corrected chi connectivity index (χ4v) is 2.08. The lowest BCUT2D eigenvalue weighted by molar-refractivity contribution is 0.0544. The summed E-state index contributed by atoms with van der Waals surface area (Å²) in [6.07, 6.45) is 1.40. The SMILES string of the molecule is CC(C)(C)OC(=O)n1ccc2ccc(CBr)cc21. The van der Waals surface area contributed by atoms with Crippen molar-refractivity contribution >= 4 is 32.9 Å². The van der Waals surface area contributed by atoms with Crippen molar-refractivity contribution in [2.24, 2.45) is 0 Å². The monoisotopic (exact) mass is 309 g/mol. The zero-order chi connectivity index (χ0) is 13.3. The molecule has 4 heteroatoms. The quantitative estimate of drug-likeness (QED) is 0.735. The first-order chi connectivity index (χ1) is 8.40. The molecule has 0 atom stereocenters. The molecule has 0 fully saturated rings. The van der Waals surface area contributed by atoms with Gasteiger partial charge in [-0.1, -0.05) is 28.1 Å². The second-order valence-corrected chi connectivity index (χ2v) is 5.75. The molecule has 1 aromatic heterocycles. The standard InChI is InChI=1S/C14H16BrNO2/c1-14(2,3)18-13(17)16-7-6-11-5-4-10(9-15)8-12(11)16/h4-8H,9H2,1-3H3. The Labute approximate surface area is 115 Å². The van der Waals surface area contributed by atoms with E-state index in [1.807, 2.05) is 45.0 Å². The van der Waals surface area contributed by atoms with Crippen LogP contribution in [0.5, 0.6) is 0 Å². The van der Waals surface area contributed by atoms with Gasteiger partial charge in [-0.25, -0.2) is 4.79 Å². The fraction of sp³-hybridized carbons (Fsp3) is 0.357. The van der Waals surface area contributed by atoms with Crippen LogP contribution in [0, 0.1) is 0 Å². The molecule has 0 spiro atoms. The van der Waals surface area contributed by atoms with Crippen molar-refractivity contribution in [3.63, 3.8) is 0 Å². The van der Waals surface area contributed by atoms with Gasteiger partial charge in [0, 0.05) is 16.9 Å². The lowest BCUT2D eigenvalue weighted by atomic mass is 10.2. The maximum absolute atomic E-state index is 12.1. The molecule has 2 aromatic rings. The number of rotatable bonds is 1. The Morgan fingerprint density at radius 2 is 2.06 bits per heavy atom. The number of fused-ring (bicyclic) bond motifs is 1. The van der Waals surface area contributed by atoms with Gasteiger partial charge in [0.05, 0.1) is 5.52 Å². The van der Waals surface area contributed by atoms with Gasteiger partial charge in [0.1, 0.15) is 5.60 Å². The van der Waals surface area contributed by atoms with Crippen LogP contribution in [0.4, 0.5) is 4.79 Å². The van der Waals surface area contributed by atoms with E-state index in [0.29, 0.717) is 0 Å². The largest absolute Gasteiger partial charge is 0.443 e. The number of nitrogens with zero attached hydrogens (tertiary/aromatic N) is 1. The highest BCUT2D eigenvalue weighted by molar-refractivity contribution is 9.08. The number of halogens is 1. The summed E-state index contributed by atoms with van der Waals surface area (Å²) in [4.78, 5) is 12.1. The van der Waals surface area contributed by atoms with Crippen molar-refractivity contribution in [1.29, 1.82) is 0 Å². The van der Waals surface area contributed by atoms with Crippen LogP contribution in [-0.4, -0.2) is 16.3 Å². The van der Waals surface area contributed by atoms with Crippen molar-refractivity contribution in [3.8, 4) is 0 Å². The van der Waals surface area contributed by atoms with Gasteiger partial charge in [-0.15, -0.1) is 0 Å². The van der Waals surface area contributed by atoms with Crippen LogP contribution in [0.3, 0.4) is 0 Å². The van der Waals surface area contributed by atoms with E-state index in [1.54, 1.807) is 10.8 Å². The number of aromatic nitrogens is 1. The summed E-state index contributed by atoms with van der Waals surface area (Å²) in [7, 11) is 0. The van der Waals surface area contributed by atoms with Crippen molar-refractivity contribution in [2.75, 3.05) is 0 Å². The third kappa shape index (κ3) is 2.75. The molecule has 0 unspecified atom stereocenters. The van der Waals surface area contributed by atoms with Gasteiger partial charge >= 0.3 is 6.09 Å². The third-order valence-electron chi connectivity index (χ3n) is 2.50. The van der Waals surface area contributed by atoms with E-state index in [0.717, 1.165) is 21.8 Å². The highest BCUT2D eigenvalue weighted by atomic mass is 79.9. The fourth-order valence-electron chi connectivity index (χ4n) is 1.73. The summed E-state index contributed by atoms with van der Waals surface area (Å²) in [6, 6.07) is 7.95. The van der Waals surface area contributed by atoms with Crippen LogP contribution in [0.2, 0.25) is 0 Å². The molecule has 1 aromatic carbocycles. The smallest absolute Gasteiger partial charge is 0.418 e. The Morgan fingerprint density at radius 1 is 1.33 bits per heavy atom. The Bertz CT molecular complexity index is 581. The normalized spacial score (nSPS) is 11.8. The van der Waals surface area contributed by atoms with Gasteiger partial charge < -0.3 is 4.74 Å². The molecule has 0 N–H and O–H groups in total. The topological polar surface area (TPSA) is 31.2 Å². The Morgan fingerprint density at radius 3 is 2.67 bits per heavy atom. The molecule has 96 valence electrons. The van der Waals surface area contributed by atoms with Crippen molar-refractivity contribution in [2.45, 2.75) is 31.7 Å². The maximum atomic E-state index is 12.1. The molecule has 0 aliphatic rings. The number of hydrogen-bond donors (Lipinski definition) is 0. The summed E-state index contributed by atoms with van der Waals surface area (Å²) in [5.41, 5.74) is 1.52. The van der Waals surface area contributed by atoms with Gasteiger partial charge in [0.15, 0.2) is 0 Å². The number of ether oxygens (including phenoxy) is 1. The van der Waals surface area contributed by atoms with Crippen LogP contribution < -0.4 is 0 Å². The van der Waals surface area contributed by atoms with Gasteiger partial charge in [0.25, 0.3) is 0 Å². The number of benzene rings is 1. The predicted molar refractivity (Wildman–Crippen MR) is 76.2 cm³/mol. The lowest BCUT2D eigenvalue weighted by Crippen LogP contribution is -2.26. The van der Waals surface area contributed by atoms with Gasteiger partial charge in [-0.05, 0) is 38.5 Å². The summed E-state index contributed by atoms with van der Waals surface area (Å²) < 4.78 is 6.92. The molecule has 0 radical (unpaired) electrons. The third-order valence-corrected chi connectivity index (χ3v) is 3.15. The predicted octanol–water partition coefficient (Wildman–Crippen LogP) is 4.32. The lowest BCUT2D eigenvalue weighted by Gasteiger charge is -2.19. The first-order valence-electron chi connectivity index (χ1n) is 5.80. The summed E-state index contributed by atoms with van der Waals surface area (Å²) >= 11 is 3.42. The van der Waals surface area contributed by atoms with E-state index in [9.17, 15) is 4.79 Å². The molecular weight excluding hydrogens is 294 g/mol. The van der Waals surface area contributed by atoms with E-state index >= 15 is 0 Å². The molecule has 3 nitrogen and oxygen atoms in total. The van der Waals surface area contributed by atoms with E-state index in [-0.39, 0.29) is 6.09 Å². The van der Waals surface area contributed by atoms with Crippen molar-refractivity contribution in [1.82, 2.24) is 4.57 Å². The van der Waals surface area contributed by atoms with Crippen LogP contribution in [0.25, 0.3) is 10.9 Å². The van der Waals surface area contributed by atoms with Crippen LogP contribution in [0.15, 0.2) is 30.5 Å². The summed E-state index contributed by atoms with van der Waals surface area (Å²) in [5, 5.41) is 1.80. The zero-order valence-electron chi connectivity index (χ0n) is 10.7.